The van der Waals surface area contributed by atoms with Gasteiger partial charge in [-0.05, 0) is 52.3 Å². The van der Waals surface area contributed by atoms with Gasteiger partial charge in [0.1, 0.15) is 12.7 Å². The van der Waals surface area contributed by atoms with E-state index in [1.807, 2.05) is 0 Å². The topological polar surface area (TPSA) is 106 Å². The van der Waals surface area contributed by atoms with Gasteiger partial charge >= 0.3 is 17.9 Å². The number of carbonyl (C=O) groups is 3. The number of esters is 3. The van der Waals surface area contributed by atoms with Crippen LogP contribution in [0.15, 0.2) is 77.5 Å². The van der Waals surface area contributed by atoms with E-state index in [4.69, 9.17) is 42.1 Å². The van der Waals surface area contributed by atoms with Gasteiger partial charge in [-0.2, -0.15) is 0 Å². The summed E-state index contributed by atoms with van der Waals surface area (Å²) in [6.07, 6.45) is -4.36. The van der Waals surface area contributed by atoms with Gasteiger partial charge in [-0.1, -0.05) is 59.6 Å². The van der Waals surface area contributed by atoms with Crippen LogP contribution < -0.4 is 0 Å². The van der Waals surface area contributed by atoms with Crippen LogP contribution in [-0.2, 0) is 23.7 Å². The summed E-state index contributed by atoms with van der Waals surface area (Å²) in [5.74, 6) is -1.90. The van der Waals surface area contributed by atoms with Gasteiger partial charge in [-0.25, -0.2) is 14.6 Å². The Morgan fingerprint density at radius 3 is 2.12 bits per heavy atom. The lowest BCUT2D eigenvalue weighted by Gasteiger charge is -2.25. The Balaban J connectivity index is 1.52. The summed E-state index contributed by atoms with van der Waals surface area (Å²) in [5.41, 5.74) is 1.62. The van der Waals surface area contributed by atoms with Crippen LogP contribution in [0.3, 0.4) is 0 Å². The molecule has 3 aromatic carbocycles. The maximum absolute atomic E-state index is 13.1. The Bertz CT molecular complexity index is 1570. The van der Waals surface area contributed by atoms with Gasteiger partial charge in [-0.3, -0.25) is 9.36 Å². The zero-order chi connectivity index (χ0) is 28.4. The van der Waals surface area contributed by atoms with Crippen LogP contribution >= 0.6 is 39.1 Å². The van der Waals surface area contributed by atoms with Crippen LogP contribution in [0.4, 0.5) is 0 Å². The molecule has 1 aliphatic heterocycles. The number of imidazole rings is 1. The summed E-state index contributed by atoms with van der Waals surface area (Å²) in [6, 6.07) is 19.9. The molecule has 0 amide bonds. The molecule has 9 nitrogen and oxygen atoms in total. The Morgan fingerprint density at radius 2 is 1.50 bits per heavy atom. The highest BCUT2D eigenvalue weighted by atomic mass is 79.9. The second-order valence-corrected chi connectivity index (χ2v) is 10.4. The quantitative estimate of drug-likeness (QED) is 0.177. The minimum Gasteiger partial charge on any atom is -0.459 e. The van der Waals surface area contributed by atoms with E-state index in [2.05, 4.69) is 20.9 Å². The number of benzene rings is 3. The van der Waals surface area contributed by atoms with Gasteiger partial charge in [0.2, 0.25) is 0 Å². The van der Waals surface area contributed by atoms with E-state index >= 15 is 0 Å². The van der Waals surface area contributed by atoms with Crippen LogP contribution in [0.1, 0.15) is 33.9 Å². The molecular formula is C28H21BrCl2N2O7. The van der Waals surface area contributed by atoms with Gasteiger partial charge in [0.05, 0.1) is 32.2 Å². The third-order valence-electron chi connectivity index (χ3n) is 6.17. The van der Waals surface area contributed by atoms with E-state index in [1.165, 1.54) is 6.92 Å². The zero-order valence-corrected chi connectivity index (χ0v) is 23.9. The summed E-state index contributed by atoms with van der Waals surface area (Å²) < 4.78 is 25.3. The normalized spacial score (nSPS) is 20.3. The molecule has 0 aliphatic carbocycles. The second kappa shape index (κ2) is 12.0. The summed E-state index contributed by atoms with van der Waals surface area (Å²) in [7, 11) is 0. The average Bonchev–Trinajstić information content (AvgIpc) is 3.43. The van der Waals surface area contributed by atoms with E-state index in [9.17, 15) is 14.4 Å². The predicted octanol–water partition coefficient (Wildman–Crippen LogP) is 6.02. The highest BCUT2D eigenvalue weighted by molar-refractivity contribution is 9.10. The Labute approximate surface area is 247 Å². The zero-order valence-electron chi connectivity index (χ0n) is 20.8. The maximum Gasteiger partial charge on any atom is 0.338 e. The Morgan fingerprint density at radius 1 is 0.900 bits per heavy atom. The molecule has 0 radical (unpaired) electrons. The Kier molecular flexibility index (Phi) is 8.41. The first-order valence-corrected chi connectivity index (χ1v) is 13.6. The Hall–Kier alpha value is -3.44. The van der Waals surface area contributed by atoms with E-state index in [0.717, 1.165) is 0 Å². The lowest BCUT2D eigenvalue weighted by atomic mass is 10.1. The molecule has 1 aromatic heterocycles. The fourth-order valence-corrected chi connectivity index (χ4v) is 5.29. The average molecular weight is 648 g/mol. The van der Waals surface area contributed by atoms with Gasteiger partial charge in [0.25, 0.3) is 0 Å². The first-order valence-electron chi connectivity index (χ1n) is 12.1. The van der Waals surface area contributed by atoms with Gasteiger partial charge in [0, 0.05) is 6.92 Å². The van der Waals surface area contributed by atoms with E-state index in [0.29, 0.717) is 26.4 Å². The smallest absolute Gasteiger partial charge is 0.338 e. The van der Waals surface area contributed by atoms with Crippen LogP contribution in [0, 0.1) is 0 Å². The molecule has 1 aliphatic rings. The minimum absolute atomic E-state index is 0.269. The number of halogens is 3. The van der Waals surface area contributed by atoms with Crippen molar-refractivity contribution in [3.8, 4) is 0 Å². The van der Waals surface area contributed by atoms with E-state index in [1.54, 1.807) is 77.4 Å². The summed E-state index contributed by atoms with van der Waals surface area (Å²) in [4.78, 5) is 42.5. The van der Waals surface area contributed by atoms with Crippen molar-refractivity contribution in [2.75, 3.05) is 6.61 Å². The summed E-state index contributed by atoms with van der Waals surface area (Å²) in [5, 5.41) is 0.570. The highest BCUT2D eigenvalue weighted by Gasteiger charge is 2.51. The number of carbonyl (C=O) groups excluding carboxylic acids is 3. The van der Waals surface area contributed by atoms with Gasteiger partial charge in [-0.15, -0.1) is 0 Å². The van der Waals surface area contributed by atoms with Crippen molar-refractivity contribution in [2.45, 2.75) is 31.5 Å². The number of fused-ring (bicyclic) bond motifs is 1. The lowest BCUT2D eigenvalue weighted by molar-refractivity contribution is -0.156. The monoisotopic (exact) mass is 646 g/mol. The maximum atomic E-state index is 13.1. The first-order chi connectivity index (χ1) is 19.2. The van der Waals surface area contributed by atoms with Gasteiger partial charge < -0.3 is 18.9 Å². The number of rotatable bonds is 7. The SMILES string of the molecule is CC(=O)O[C@H]1[C@H](OC(=O)c2ccccc2)[C@H](COC(=O)c2ccccc2)O[C@@H]1n1c(Br)nc2cc(Cl)c(Cl)cc21. The van der Waals surface area contributed by atoms with Crippen molar-refractivity contribution in [3.63, 3.8) is 0 Å². The predicted molar refractivity (Wildman–Crippen MR) is 149 cm³/mol. The van der Waals surface area contributed by atoms with E-state index < -0.39 is 42.4 Å². The second-order valence-electron chi connectivity index (χ2n) is 8.85. The molecule has 0 unspecified atom stereocenters. The number of nitrogens with zero attached hydrogens (tertiary/aromatic N) is 2. The van der Waals surface area contributed by atoms with Gasteiger partial charge in [0.15, 0.2) is 23.2 Å². The molecule has 4 aromatic rings. The summed E-state index contributed by atoms with van der Waals surface area (Å²) >= 11 is 15.9. The van der Waals surface area contributed by atoms with Crippen LogP contribution in [0.25, 0.3) is 11.0 Å². The molecule has 1 fully saturated rings. The third-order valence-corrected chi connectivity index (χ3v) is 7.45. The third kappa shape index (κ3) is 5.85. The largest absolute Gasteiger partial charge is 0.459 e. The van der Waals surface area contributed by atoms with E-state index in [-0.39, 0.29) is 17.2 Å². The number of hydrogen-bond acceptors (Lipinski definition) is 8. The van der Waals surface area contributed by atoms with Crippen LogP contribution in [-0.4, -0.2) is 52.4 Å². The molecule has 0 saturated carbocycles. The molecule has 0 bridgehead atoms. The van der Waals surface area contributed by atoms with Crippen molar-refractivity contribution in [2.24, 2.45) is 0 Å². The molecule has 0 spiro atoms. The molecule has 5 rings (SSSR count). The lowest BCUT2D eigenvalue weighted by Crippen LogP contribution is -2.41. The first kappa shape index (κ1) is 28.1. The fourth-order valence-electron chi connectivity index (χ4n) is 4.39. The standard InChI is InChI=1S/C28H21BrCl2N2O7/c1-15(34)38-24-23(40-27(36)17-10-6-3-7-11-17)22(14-37-26(35)16-8-4-2-5-9-16)39-25(24)33-21-13-19(31)18(30)12-20(21)32-28(33)29/h2-13,22-25H,14H2,1H3/t22-,23+,24-,25-/m0/s1. The van der Waals surface area contributed by atoms with Crippen molar-refractivity contribution in [3.05, 3.63) is 98.7 Å². The van der Waals surface area contributed by atoms with Crippen molar-refractivity contribution in [1.82, 2.24) is 9.55 Å². The van der Waals surface area contributed by atoms with Crippen molar-refractivity contribution in [1.29, 1.82) is 0 Å². The molecule has 12 heteroatoms. The minimum atomic E-state index is -1.16. The van der Waals surface area contributed by atoms with Crippen molar-refractivity contribution < 1.29 is 33.3 Å². The van der Waals surface area contributed by atoms with Crippen LogP contribution in [0.5, 0.6) is 0 Å². The molecule has 206 valence electrons. The fraction of sp³-hybridized carbons (Fsp3) is 0.214. The summed E-state index contributed by atoms with van der Waals surface area (Å²) in [6.45, 7) is 0.930. The molecule has 2 heterocycles. The highest BCUT2D eigenvalue weighted by Crippen LogP contribution is 2.40. The molecule has 40 heavy (non-hydrogen) atoms. The number of hydrogen-bond donors (Lipinski definition) is 0. The molecule has 1 saturated heterocycles. The molecule has 4 atom stereocenters. The molecular weight excluding hydrogens is 627 g/mol. The number of aromatic nitrogens is 2. The number of ether oxygens (including phenoxy) is 4. The van der Waals surface area contributed by atoms with Crippen LogP contribution in [0.2, 0.25) is 10.0 Å². The van der Waals surface area contributed by atoms with Crippen molar-refractivity contribution >= 4 is 68.1 Å². The molecule has 0 N–H and O–H groups in total.